The molecule has 2 heterocycles. The number of aryl methyl sites for hydroxylation is 1. The van der Waals surface area contributed by atoms with E-state index in [0.29, 0.717) is 17.2 Å². The van der Waals surface area contributed by atoms with Crippen molar-refractivity contribution in [1.29, 1.82) is 0 Å². The van der Waals surface area contributed by atoms with Crippen molar-refractivity contribution in [2.45, 2.75) is 40.0 Å². The minimum absolute atomic E-state index is 0.0214. The van der Waals surface area contributed by atoms with Crippen molar-refractivity contribution < 1.29 is 9.32 Å². The van der Waals surface area contributed by atoms with Gasteiger partial charge in [0.1, 0.15) is 17.5 Å². The molecule has 0 bridgehead atoms. The van der Waals surface area contributed by atoms with Crippen LogP contribution < -0.4 is 0 Å². The quantitative estimate of drug-likeness (QED) is 0.748. The van der Waals surface area contributed by atoms with Crippen LogP contribution >= 0.6 is 0 Å². The highest BCUT2D eigenvalue weighted by Crippen LogP contribution is 2.29. The van der Waals surface area contributed by atoms with Crippen LogP contribution in [0.1, 0.15) is 49.0 Å². The van der Waals surface area contributed by atoms with Crippen LogP contribution in [0.2, 0.25) is 0 Å². The minimum atomic E-state index is 0.0214. The first-order chi connectivity index (χ1) is 12.1. The first kappa shape index (κ1) is 17.5. The Morgan fingerprint density at radius 3 is 2.80 bits per heavy atom. The fraction of sp³-hybridized carbons (Fsp3) is 0.429. The topological polar surface area (TPSA) is 46.3 Å². The summed E-state index contributed by atoms with van der Waals surface area (Å²) in [4.78, 5) is 15.0. The van der Waals surface area contributed by atoms with Crippen LogP contribution in [0.3, 0.4) is 0 Å². The maximum absolute atomic E-state index is 13.1. The molecule has 1 aromatic heterocycles. The van der Waals surface area contributed by atoms with Crippen molar-refractivity contribution >= 4 is 5.91 Å². The molecule has 4 nitrogen and oxygen atoms in total. The van der Waals surface area contributed by atoms with Crippen molar-refractivity contribution in [3.63, 3.8) is 0 Å². The van der Waals surface area contributed by atoms with Gasteiger partial charge < -0.3 is 9.42 Å². The summed E-state index contributed by atoms with van der Waals surface area (Å²) in [5.41, 5.74) is 4.73. The van der Waals surface area contributed by atoms with Crippen LogP contribution in [0.25, 0.3) is 11.3 Å². The average molecular weight is 338 g/mol. The number of piperidine rings is 1. The summed E-state index contributed by atoms with van der Waals surface area (Å²) < 4.78 is 5.15. The molecule has 1 atom stereocenters. The Morgan fingerprint density at radius 1 is 1.36 bits per heavy atom. The van der Waals surface area contributed by atoms with E-state index in [0.717, 1.165) is 37.9 Å². The largest absolute Gasteiger partial charge is 0.363 e. The predicted octanol–water partition coefficient (Wildman–Crippen LogP) is 4.86. The smallest absolute Gasteiger partial charge is 0.259 e. The molecule has 0 saturated carbocycles. The van der Waals surface area contributed by atoms with E-state index in [4.69, 9.17) is 4.52 Å². The lowest BCUT2D eigenvalue weighted by atomic mass is 9.88. The summed E-state index contributed by atoms with van der Waals surface area (Å²) in [5, 5.41) is 4.08. The fourth-order valence-electron chi connectivity index (χ4n) is 3.67. The molecule has 3 rings (SSSR count). The van der Waals surface area contributed by atoms with Crippen LogP contribution in [0, 0.1) is 12.8 Å². The molecule has 1 fully saturated rings. The zero-order chi connectivity index (χ0) is 17.8. The van der Waals surface area contributed by atoms with E-state index < -0.39 is 0 Å². The van der Waals surface area contributed by atoms with E-state index in [9.17, 15) is 4.79 Å². The van der Waals surface area contributed by atoms with Gasteiger partial charge in [-0.3, -0.25) is 4.79 Å². The lowest BCUT2D eigenvalue weighted by molar-refractivity contribution is 0.0690. The van der Waals surface area contributed by atoms with Crippen LogP contribution in [0.4, 0.5) is 0 Å². The second-order valence-corrected chi connectivity index (χ2v) is 6.75. The summed E-state index contributed by atoms with van der Waals surface area (Å²) in [6, 6.07) is 8.01. The highest BCUT2D eigenvalue weighted by Gasteiger charge is 2.28. The number of rotatable bonds is 4. The van der Waals surface area contributed by atoms with Crippen molar-refractivity contribution in [3.05, 3.63) is 53.3 Å². The van der Waals surface area contributed by atoms with E-state index in [1.165, 1.54) is 17.4 Å². The first-order valence-electron chi connectivity index (χ1n) is 9.09. The van der Waals surface area contributed by atoms with Gasteiger partial charge in [-0.1, -0.05) is 53.6 Å². The zero-order valence-corrected chi connectivity index (χ0v) is 15.3. The number of benzene rings is 1. The number of aromatic nitrogens is 1. The second kappa shape index (κ2) is 7.68. The van der Waals surface area contributed by atoms with E-state index >= 15 is 0 Å². The van der Waals surface area contributed by atoms with Crippen LogP contribution in [0.15, 0.2) is 46.7 Å². The normalized spacial score (nSPS) is 18.4. The van der Waals surface area contributed by atoms with Crippen molar-refractivity contribution in [3.8, 4) is 11.3 Å². The maximum atomic E-state index is 13.1. The summed E-state index contributed by atoms with van der Waals surface area (Å²) >= 11 is 0. The molecule has 2 aromatic rings. The summed E-state index contributed by atoms with van der Waals surface area (Å²) in [6.07, 6.45) is 6.93. The monoisotopic (exact) mass is 338 g/mol. The molecule has 1 aliphatic rings. The van der Waals surface area contributed by atoms with E-state index in [2.05, 4.69) is 25.1 Å². The van der Waals surface area contributed by atoms with Gasteiger partial charge in [-0.15, -0.1) is 0 Å². The van der Waals surface area contributed by atoms with Gasteiger partial charge in [0.2, 0.25) is 0 Å². The maximum Gasteiger partial charge on any atom is 0.259 e. The van der Waals surface area contributed by atoms with E-state index in [1.54, 1.807) is 0 Å². The summed E-state index contributed by atoms with van der Waals surface area (Å²) in [7, 11) is 0. The molecule has 1 unspecified atom stereocenters. The Kier molecular flexibility index (Phi) is 5.37. The molecule has 1 aliphatic heterocycles. The van der Waals surface area contributed by atoms with Gasteiger partial charge in [-0.2, -0.15) is 0 Å². The van der Waals surface area contributed by atoms with E-state index in [1.807, 2.05) is 36.1 Å². The predicted molar refractivity (Wildman–Crippen MR) is 99.4 cm³/mol. The van der Waals surface area contributed by atoms with Gasteiger partial charge in [0.15, 0.2) is 0 Å². The lowest BCUT2D eigenvalue weighted by Gasteiger charge is -2.34. The van der Waals surface area contributed by atoms with Gasteiger partial charge in [0, 0.05) is 18.7 Å². The SMILES string of the molecule is C/C=C(\CC)C1CCCN(C(=O)c2conc2-c2ccc(C)cc2)C1. The number of nitrogens with zero attached hydrogens (tertiary/aromatic N) is 2. The van der Waals surface area contributed by atoms with Crippen LogP contribution in [0.5, 0.6) is 0 Å². The standard InChI is InChI=1S/C21H26N2O2/c1-4-16(5-2)18-7-6-12-23(13-18)21(24)19-14-25-22-20(19)17-10-8-15(3)9-11-17/h4,8-11,14,18H,5-7,12-13H2,1-3H3/b16-4+. The highest BCUT2D eigenvalue weighted by molar-refractivity contribution is 5.99. The number of amides is 1. The fourth-order valence-corrected chi connectivity index (χ4v) is 3.67. The number of carbonyl (C=O) groups is 1. The van der Waals surface area contributed by atoms with Crippen molar-refractivity contribution in [2.75, 3.05) is 13.1 Å². The number of hydrogen-bond acceptors (Lipinski definition) is 3. The molecule has 0 spiro atoms. The van der Waals surface area contributed by atoms with Gasteiger partial charge in [-0.05, 0) is 39.0 Å². The minimum Gasteiger partial charge on any atom is -0.363 e. The third-order valence-electron chi connectivity index (χ3n) is 5.14. The van der Waals surface area contributed by atoms with Crippen LogP contribution in [-0.4, -0.2) is 29.1 Å². The van der Waals surface area contributed by atoms with Crippen molar-refractivity contribution in [1.82, 2.24) is 10.1 Å². The number of carbonyl (C=O) groups excluding carboxylic acids is 1. The molecule has 0 N–H and O–H groups in total. The number of hydrogen-bond donors (Lipinski definition) is 0. The van der Waals surface area contributed by atoms with Crippen molar-refractivity contribution in [2.24, 2.45) is 5.92 Å². The van der Waals surface area contributed by atoms with E-state index in [-0.39, 0.29) is 5.91 Å². The van der Waals surface area contributed by atoms with Gasteiger partial charge in [0.05, 0.1) is 0 Å². The van der Waals surface area contributed by atoms with Gasteiger partial charge >= 0.3 is 0 Å². The molecular weight excluding hydrogens is 312 g/mol. The molecule has 1 saturated heterocycles. The second-order valence-electron chi connectivity index (χ2n) is 6.75. The molecule has 0 radical (unpaired) electrons. The summed E-state index contributed by atoms with van der Waals surface area (Å²) in [5.74, 6) is 0.489. The molecular formula is C21H26N2O2. The average Bonchev–Trinajstić information content (AvgIpc) is 3.13. The molecule has 0 aliphatic carbocycles. The molecule has 4 heteroatoms. The first-order valence-corrected chi connectivity index (χ1v) is 9.09. The molecule has 1 aromatic carbocycles. The molecule has 1 amide bonds. The number of likely N-dealkylation sites (tertiary alicyclic amines) is 1. The Bertz CT molecular complexity index is 758. The number of allylic oxidation sites excluding steroid dienone is 1. The lowest BCUT2D eigenvalue weighted by Crippen LogP contribution is -2.40. The third-order valence-corrected chi connectivity index (χ3v) is 5.14. The third kappa shape index (κ3) is 3.68. The zero-order valence-electron chi connectivity index (χ0n) is 15.3. The Morgan fingerprint density at radius 2 is 2.12 bits per heavy atom. The molecule has 132 valence electrons. The Balaban J connectivity index is 1.82. The summed E-state index contributed by atoms with van der Waals surface area (Å²) in [6.45, 7) is 7.90. The molecule has 25 heavy (non-hydrogen) atoms. The van der Waals surface area contributed by atoms with Crippen LogP contribution in [-0.2, 0) is 0 Å². The highest BCUT2D eigenvalue weighted by atomic mass is 16.5. The van der Waals surface area contributed by atoms with Gasteiger partial charge in [-0.25, -0.2) is 0 Å². The Hall–Kier alpha value is -2.36. The Labute approximate surface area is 149 Å². The van der Waals surface area contributed by atoms with Gasteiger partial charge in [0.25, 0.3) is 5.91 Å².